The average Bonchev–Trinajstić information content (AvgIpc) is 3.21. The maximum Gasteiger partial charge on any atom is 0.293 e. The highest BCUT2D eigenvalue weighted by molar-refractivity contribution is 5.90. The van der Waals surface area contributed by atoms with Gasteiger partial charge in [0.25, 0.3) is 5.56 Å². The lowest BCUT2D eigenvalue weighted by Gasteiger charge is -2.08. The largest absolute Gasteiger partial charge is 0.497 e. The first kappa shape index (κ1) is 19.4. The Morgan fingerprint density at radius 2 is 1.93 bits per heavy atom. The Morgan fingerprint density at radius 3 is 2.67 bits per heavy atom. The number of amides is 1. The molecule has 0 unspecified atom stereocenters. The molecule has 1 N–H and O–H groups in total. The van der Waals surface area contributed by atoms with Crippen LogP contribution in [0.3, 0.4) is 0 Å². The molecule has 30 heavy (non-hydrogen) atoms. The molecule has 2 aromatic carbocycles. The van der Waals surface area contributed by atoms with E-state index < -0.39 is 0 Å². The number of aryl methyl sites for hydroxylation is 1. The summed E-state index contributed by atoms with van der Waals surface area (Å²) in [6.07, 6.45) is 2.30. The summed E-state index contributed by atoms with van der Waals surface area (Å²) in [5.74, 6) is 0.416. The molecule has 0 radical (unpaired) electrons. The molecular weight excluding hydrogens is 382 g/mol. The number of rotatable bonds is 6. The molecule has 2 aromatic heterocycles. The monoisotopic (exact) mass is 403 g/mol. The van der Waals surface area contributed by atoms with Gasteiger partial charge >= 0.3 is 0 Å². The molecule has 0 spiro atoms. The van der Waals surface area contributed by atoms with Gasteiger partial charge in [-0.1, -0.05) is 19.1 Å². The number of aromatic nitrogens is 4. The Balaban J connectivity index is 1.56. The molecule has 152 valence electrons. The summed E-state index contributed by atoms with van der Waals surface area (Å²) in [5, 5.41) is 11.3. The second-order valence-electron chi connectivity index (χ2n) is 6.78. The molecule has 0 aliphatic rings. The van der Waals surface area contributed by atoms with Crippen LogP contribution in [0.4, 0.5) is 5.69 Å². The third kappa shape index (κ3) is 3.93. The molecule has 1 amide bonds. The lowest BCUT2D eigenvalue weighted by Crippen LogP contribution is -2.30. The van der Waals surface area contributed by atoms with Crippen LogP contribution in [0.5, 0.6) is 5.75 Å². The highest BCUT2D eigenvalue weighted by atomic mass is 16.5. The molecule has 0 saturated heterocycles. The first-order chi connectivity index (χ1) is 14.6. The van der Waals surface area contributed by atoms with E-state index in [1.165, 1.54) is 10.8 Å². The summed E-state index contributed by atoms with van der Waals surface area (Å²) in [6, 6.07) is 16.7. The van der Waals surface area contributed by atoms with Crippen molar-refractivity contribution in [3.63, 3.8) is 0 Å². The van der Waals surface area contributed by atoms with Crippen LogP contribution in [-0.2, 0) is 17.8 Å². The second kappa shape index (κ2) is 8.20. The van der Waals surface area contributed by atoms with Crippen molar-refractivity contribution in [3.8, 4) is 17.0 Å². The van der Waals surface area contributed by atoms with Crippen LogP contribution in [0.25, 0.3) is 16.8 Å². The molecule has 0 atom stereocenters. The summed E-state index contributed by atoms with van der Waals surface area (Å²) in [7, 11) is 1.60. The molecule has 0 saturated carbocycles. The lowest BCUT2D eigenvalue weighted by atomic mass is 10.1. The minimum Gasteiger partial charge on any atom is -0.497 e. The number of nitrogens with zero attached hydrogens (tertiary/aromatic N) is 4. The van der Waals surface area contributed by atoms with Gasteiger partial charge in [-0.15, -0.1) is 0 Å². The summed E-state index contributed by atoms with van der Waals surface area (Å²) in [4.78, 5) is 25.2. The van der Waals surface area contributed by atoms with Gasteiger partial charge in [0.15, 0.2) is 0 Å². The zero-order valence-corrected chi connectivity index (χ0v) is 16.7. The van der Waals surface area contributed by atoms with Gasteiger partial charge in [-0.3, -0.25) is 9.59 Å². The highest BCUT2D eigenvalue weighted by Crippen LogP contribution is 2.21. The molecule has 0 aliphatic carbocycles. The SMILES string of the molecule is CCc1cccc(NC(=O)Cn2ncn3nc(-c4ccc(OC)cc4)cc3c2=O)c1. The maximum atomic E-state index is 12.8. The third-order valence-corrected chi connectivity index (χ3v) is 4.79. The fourth-order valence-electron chi connectivity index (χ4n) is 3.16. The zero-order valence-electron chi connectivity index (χ0n) is 16.7. The third-order valence-electron chi connectivity index (χ3n) is 4.79. The predicted molar refractivity (Wildman–Crippen MR) is 114 cm³/mol. The molecule has 0 bridgehead atoms. The Morgan fingerprint density at radius 1 is 1.13 bits per heavy atom. The first-order valence-electron chi connectivity index (χ1n) is 9.56. The van der Waals surface area contributed by atoms with E-state index in [0.717, 1.165) is 28.0 Å². The van der Waals surface area contributed by atoms with Crippen molar-refractivity contribution in [2.45, 2.75) is 19.9 Å². The van der Waals surface area contributed by atoms with Gasteiger partial charge in [0.05, 0.1) is 12.8 Å². The van der Waals surface area contributed by atoms with Gasteiger partial charge in [-0.05, 0) is 54.4 Å². The van der Waals surface area contributed by atoms with E-state index in [9.17, 15) is 9.59 Å². The minimum absolute atomic E-state index is 0.186. The fraction of sp³-hybridized carbons (Fsp3) is 0.182. The van der Waals surface area contributed by atoms with Gasteiger partial charge in [-0.2, -0.15) is 10.2 Å². The Labute approximate surface area is 172 Å². The van der Waals surface area contributed by atoms with E-state index in [1.54, 1.807) is 13.2 Å². The number of hydrogen-bond donors (Lipinski definition) is 1. The van der Waals surface area contributed by atoms with E-state index in [-0.39, 0.29) is 18.0 Å². The number of carbonyl (C=O) groups excluding carboxylic acids is 1. The zero-order chi connectivity index (χ0) is 21.1. The van der Waals surface area contributed by atoms with Gasteiger partial charge in [-0.25, -0.2) is 9.20 Å². The van der Waals surface area contributed by atoms with Crippen molar-refractivity contribution in [2.75, 3.05) is 12.4 Å². The van der Waals surface area contributed by atoms with Crippen molar-refractivity contribution in [1.29, 1.82) is 0 Å². The van der Waals surface area contributed by atoms with Crippen molar-refractivity contribution in [1.82, 2.24) is 19.4 Å². The predicted octanol–water partition coefficient (Wildman–Crippen LogP) is 2.77. The molecular formula is C22H21N5O3. The van der Waals surface area contributed by atoms with Crippen LogP contribution >= 0.6 is 0 Å². The van der Waals surface area contributed by atoms with Crippen LogP contribution in [0.15, 0.2) is 65.7 Å². The lowest BCUT2D eigenvalue weighted by molar-refractivity contribution is -0.117. The molecule has 4 aromatic rings. The fourth-order valence-corrected chi connectivity index (χ4v) is 3.16. The van der Waals surface area contributed by atoms with E-state index in [0.29, 0.717) is 16.9 Å². The number of hydrogen-bond acceptors (Lipinski definition) is 5. The second-order valence-corrected chi connectivity index (χ2v) is 6.78. The summed E-state index contributed by atoms with van der Waals surface area (Å²) >= 11 is 0. The molecule has 8 heteroatoms. The number of methoxy groups -OCH3 is 1. The van der Waals surface area contributed by atoms with Crippen LogP contribution < -0.4 is 15.6 Å². The number of anilines is 1. The van der Waals surface area contributed by atoms with E-state index in [4.69, 9.17) is 4.74 Å². The van der Waals surface area contributed by atoms with Crippen LogP contribution in [-0.4, -0.2) is 32.4 Å². The van der Waals surface area contributed by atoms with Crippen molar-refractivity contribution >= 4 is 17.1 Å². The number of benzene rings is 2. The van der Waals surface area contributed by atoms with Crippen LogP contribution in [0, 0.1) is 0 Å². The Hall–Kier alpha value is -3.94. The number of carbonyl (C=O) groups is 1. The standard InChI is InChI=1S/C22H21N5O3/c1-3-15-5-4-6-17(11-15)24-21(28)13-26-22(29)20-12-19(25-27(20)14-23-26)16-7-9-18(30-2)10-8-16/h4-12,14H,3,13H2,1-2H3,(H,24,28). The Kier molecular flexibility index (Phi) is 5.30. The molecule has 8 nitrogen and oxygen atoms in total. The van der Waals surface area contributed by atoms with Crippen molar-refractivity contribution < 1.29 is 9.53 Å². The number of ether oxygens (including phenoxy) is 1. The smallest absolute Gasteiger partial charge is 0.293 e. The van der Waals surface area contributed by atoms with Gasteiger partial charge < -0.3 is 10.1 Å². The van der Waals surface area contributed by atoms with E-state index in [1.807, 2.05) is 55.5 Å². The minimum atomic E-state index is -0.387. The first-order valence-corrected chi connectivity index (χ1v) is 9.56. The van der Waals surface area contributed by atoms with Crippen LogP contribution in [0.2, 0.25) is 0 Å². The van der Waals surface area contributed by atoms with Crippen molar-refractivity contribution in [2.24, 2.45) is 0 Å². The molecule has 4 rings (SSSR count). The van der Waals surface area contributed by atoms with Gasteiger partial charge in [0, 0.05) is 11.3 Å². The highest BCUT2D eigenvalue weighted by Gasteiger charge is 2.13. The number of fused-ring (bicyclic) bond motifs is 1. The average molecular weight is 403 g/mol. The van der Waals surface area contributed by atoms with E-state index >= 15 is 0 Å². The van der Waals surface area contributed by atoms with Crippen molar-refractivity contribution in [3.05, 3.63) is 76.8 Å². The van der Waals surface area contributed by atoms with Gasteiger partial charge in [0.2, 0.25) is 5.91 Å². The quantitative estimate of drug-likeness (QED) is 0.535. The molecule has 0 fully saturated rings. The molecule has 2 heterocycles. The summed E-state index contributed by atoms with van der Waals surface area (Å²) in [6.45, 7) is 1.86. The summed E-state index contributed by atoms with van der Waals surface area (Å²) < 4.78 is 7.71. The van der Waals surface area contributed by atoms with E-state index in [2.05, 4.69) is 15.5 Å². The number of nitrogens with one attached hydrogen (secondary N) is 1. The topological polar surface area (TPSA) is 90.5 Å². The van der Waals surface area contributed by atoms with Gasteiger partial charge in [0.1, 0.15) is 24.1 Å². The Bertz CT molecular complexity index is 1260. The van der Waals surface area contributed by atoms with Crippen LogP contribution in [0.1, 0.15) is 12.5 Å². The maximum absolute atomic E-state index is 12.8. The summed E-state index contributed by atoms with van der Waals surface area (Å²) in [5.41, 5.74) is 3.25. The molecule has 0 aliphatic heterocycles. The normalized spacial score (nSPS) is 10.9.